The Kier molecular flexibility index (Phi) is 5.64. The molecule has 0 aromatic carbocycles. The zero-order valence-corrected chi connectivity index (χ0v) is 13.2. The number of piperidine rings is 1. The second-order valence-corrected chi connectivity index (χ2v) is 6.82. The lowest BCUT2D eigenvalue weighted by atomic mass is 9.97. The molecule has 2 fully saturated rings. The molecule has 2 aliphatic rings. The molecule has 0 amide bonds. The van der Waals surface area contributed by atoms with Crippen LogP contribution in [0, 0.1) is 5.92 Å². The Balaban J connectivity index is 1.48. The smallest absolute Gasteiger partial charge is 0.0312 e. The van der Waals surface area contributed by atoms with Gasteiger partial charge in [-0.15, -0.1) is 0 Å². The van der Waals surface area contributed by atoms with Crippen molar-refractivity contribution < 1.29 is 0 Å². The van der Waals surface area contributed by atoms with Crippen LogP contribution >= 0.6 is 0 Å². The van der Waals surface area contributed by atoms with Gasteiger partial charge < -0.3 is 4.90 Å². The molecule has 1 aromatic rings. The Bertz CT molecular complexity index is 398. The molecular formula is C18H29N3. The molecule has 0 saturated carbocycles. The van der Waals surface area contributed by atoms with Crippen LogP contribution in [0.3, 0.4) is 0 Å². The van der Waals surface area contributed by atoms with Crippen molar-refractivity contribution in [3.05, 3.63) is 30.1 Å². The van der Waals surface area contributed by atoms with E-state index in [0.717, 1.165) is 12.5 Å². The summed E-state index contributed by atoms with van der Waals surface area (Å²) >= 11 is 0. The maximum Gasteiger partial charge on any atom is 0.0312 e. The summed E-state index contributed by atoms with van der Waals surface area (Å²) in [7, 11) is 0. The molecule has 3 heteroatoms. The van der Waals surface area contributed by atoms with Crippen LogP contribution in [-0.4, -0.2) is 47.5 Å². The number of rotatable bonds is 4. The van der Waals surface area contributed by atoms with Gasteiger partial charge in [0.2, 0.25) is 0 Å². The van der Waals surface area contributed by atoms with Gasteiger partial charge in [0.1, 0.15) is 0 Å². The van der Waals surface area contributed by atoms with Gasteiger partial charge in [0.25, 0.3) is 0 Å². The molecular weight excluding hydrogens is 258 g/mol. The van der Waals surface area contributed by atoms with Crippen molar-refractivity contribution in [3.8, 4) is 0 Å². The first-order valence-corrected chi connectivity index (χ1v) is 8.74. The monoisotopic (exact) mass is 287 g/mol. The molecule has 0 radical (unpaired) electrons. The fourth-order valence-corrected chi connectivity index (χ4v) is 3.88. The molecule has 2 saturated heterocycles. The predicted octanol–water partition coefficient (Wildman–Crippen LogP) is 3.17. The molecule has 0 bridgehead atoms. The molecule has 1 unspecified atom stereocenters. The minimum Gasteiger partial charge on any atom is -0.303 e. The Labute approximate surface area is 129 Å². The fraction of sp³-hybridized carbons (Fsp3) is 0.722. The molecule has 3 nitrogen and oxygen atoms in total. The normalized spacial score (nSPS) is 25.6. The SMILES string of the molecule is c1cncc(CN2CCCC(CN3CCCCCC3)C2)c1. The molecule has 0 aliphatic carbocycles. The van der Waals surface area contributed by atoms with E-state index in [1.165, 1.54) is 76.8 Å². The quantitative estimate of drug-likeness (QED) is 0.848. The van der Waals surface area contributed by atoms with Crippen LogP contribution in [0.2, 0.25) is 0 Å². The lowest BCUT2D eigenvalue weighted by molar-refractivity contribution is 0.129. The third-order valence-electron chi connectivity index (χ3n) is 4.95. The van der Waals surface area contributed by atoms with E-state index in [9.17, 15) is 0 Å². The van der Waals surface area contributed by atoms with E-state index in [0.29, 0.717) is 0 Å². The maximum atomic E-state index is 4.24. The second-order valence-electron chi connectivity index (χ2n) is 6.82. The largest absolute Gasteiger partial charge is 0.303 e. The minimum atomic E-state index is 0.869. The summed E-state index contributed by atoms with van der Waals surface area (Å²) in [5.74, 6) is 0.869. The minimum absolute atomic E-state index is 0.869. The van der Waals surface area contributed by atoms with E-state index >= 15 is 0 Å². The van der Waals surface area contributed by atoms with E-state index < -0.39 is 0 Å². The highest BCUT2D eigenvalue weighted by atomic mass is 15.2. The molecule has 21 heavy (non-hydrogen) atoms. The van der Waals surface area contributed by atoms with Crippen LogP contribution in [-0.2, 0) is 6.54 Å². The van der Waals surface area contributed by atoms with Crippen LogP contribution in [0.1, 0.15) is 44.1 Å². The molecule has 0 N–H and O–H groups in total. The van der Waals surface area contributed by atoms with Gasteiger partial charge in [-0.2, -0.15) is 0 Å². The number of aromatic nitrogens is 1. The Hall–Kier alpha value is -0.930. The number of pyridine rings is 1. The van der Waals surface area contributed by atoms with Crippen molar-refractivity contribution in [1.82, 2.24) is 14.8 Å². The molecule has 1 aromatic heterocycles. The average molecular weight is 287 g/mol. The molecule has 3 rings (SSSR count). The van der Waals surface area contributed by atoms with Gasteiger partial charge in [-0.3, -0.25) is 9.88 Å². The van der Waals surface area contributed by atoms with Crippen LogP contribution < -0.4 is 0 Å². The second kappa shape index (κ2) is 7.90. The van der Waals surface area contributed by atoms with Crippen molar-refractivity contribution >= 4 is 0 Å². The third kappa shape index (κ3) is 4.79. The summed E-state index contributed by atoms with van der Waals surface area (Å²) in [5, 5.41) is 0. The van der Waals surface area contributed by atoms with Crippen molar-refractivity contribution in [2.45, 2.75) is 45.1 Å². The number of likely N-dealkylation sites (tertiary alicyclic amines) is 2. The molecule has 1 atom stereocenters. The lowest BCUT2D eigenvalue weighted by Crippen LogP contribution is -2.41. The Morgan fingerprint density at radius 3 is 2.57 bits per heavy atom. The van der Waals surface area contributed by atoms with Crippen molar-refractivity contribution in [1.29, 1.82) is 0 Å². The topological polar surface area (TPSA) is 19.4 Å². The number of nitrogens with zero attached hydrogens (tertiary/aromatic N) is 3. The summed E-state index contributed by atoms with van der Waals surface area (Å²) in [6, 6.07) is 4.25. The van der Waals surface area contributed by atoms with Gasteiger partial charge in [0.15, 0.2) is 0 Å². The van der Waals surface area contributed by atoms with Crippen molar-refractivity contribution in [2.75, 3.05) is 32.7 Å². The summed E-state index contributed by atoms with van der Waals surface area (Å²) in [4.78, 5) is 9.59. The van der Waals surface area contributed by atoms with Gasteiger partial charge in [-0.25, -0.2) is 0 Å². The van der Waals surface area contributed by atoms with Gasteiger partial charge in [0.05, 0.1) is 0 Å². The first kappa shape index (κ1) is 15.0. The lowest BCUT2D eigenvalue weighted by Gasteiger charge is -2.35. The highest BCUT2D eigenvalue weighted by Gasteiger charge is 2.22. The first-order valence-electron chi connectivity index (χ1n) is 8.74. The van der Waals surface area contributed by atoms with Gasteiger partial charge >= 0.3 is 0 Å². The zero-order chi connectivity index (χ0) is 14.3. The number of hydrogen-bond acceptors (Lipinski definition) is 3. The van der Waals surface area contributed by atoms with Gasteiger partial charge in [-0.1, -0.05) is 18.9 Å². The predicted molar refractivity (Wildman–Crippen MR) is 87.1 cm³/mol. The Morgan fingerprint density at radius 1 is 1.00 bits per heavy atom. The third-order valence-corrected chi connectivity index (χ3v) is 4.95. The van der Waals surface area contributed by atoms with E-state index in [-0.39, 0.29) is 0 Å². The standard InChI is InChI=1S/C18H29N3/c1-2-4-11-20(10-3-1)15-18-8-6-12-21(16-18)14-17-7-5-9-19-13-17/h5,7,9,13,18H,1-4,6,8,10-12,14-16H2. The van der Waals surface area contributed by atoms with Crippen LogP contribution in [0.15, 0.2) is 24.5 Å². The Morgan fingerprint density at radius 2 is 1.81 bits per heavy atom. The highest BCUT2D eigenvalue weighted by Crippen LogP contribution is 2.21. The molecule has 2 aliphatic heterocycles. The van der Waals surface area contributed by atoms with Crippen molar-refractivity contribution in [2.24, 2.45) is 5.92 Å². The van der Waals surface area contributed by atoms with E-state index in [1.54, 1.807) is 0 Å². The van der Waals surface area contributed by atoms with Gasteiger partial charge in [-0.05, 0) is 62.9 Å². The van der Waals surface area contributed by atoms with Crippen molar-refractivity contribution in [3.63, 3.8) is 0 Å². The van der Waals surface area contributed by atoms with Crippen LogP contribution in [0.25, 0.3) is 0 Å². The average Bonchev–Trinajstić information content (AvgIpc) is 2.77. The van der Waals surface area contributed by atoms with E-state index in [4.69, 9.17) is 0 Å². The fourth-order valence-electron chi connectivity index (χ4n) is 3.88. The van der Waals surface area contributed by atoms with Gasteiger partial charge in [0, 0.05) is 32.0 Å². The number of hydrogen-bond donors (Lipinski definition) is 0. The zero-order valence-electron chi connectivity index (χ0n) is 13.2. The van der Waals surface area contributed by atoms with Crippen LogP contribution in [0.4, 0.5) is 0 Å². The van der Waals surface area contributed by atoms with Crippen LogP contribution in [0.5, 0.6) is 0 Å². The van der Waals surface area contributed by atoms with E-state index in [1.807, 2.05) is 18.5 Å². The maximum absolute atomic E-state index is 4.24. The molecule has 3 heterocycles. The highest BCUT2D eigenvalue weighted by molar-refractivity contribution is 5.08. The summed E-state index contributed by atoms with van der Waals surface area (Å²) in [6.45, 7) is 7.59. The summed E-state index contributed by atoms with van der Waals surface area (Å²) in [6.07, 6.45) is 12.3. The summed E-state index contributed by atoms with van der Waals surface area (Å²) < 4.78 is 0. The molecule has 0 spiro atoms. The first-order chi connectivity index (χ1) is 10.4. The van der Waals surface area contributed by atoms with E-state index in [2.05, 4.69) is 20.9 Å². The summed E-state index contributed by atoms with van der Waals surface area (Å²) in [5.41, 5.74) is 1.35. The molecule has 116 valence electrons.